The lowest BCUT2D eigenvalue weighted by Gasteiger charge is -2.14. The molecule has 4 heteroatoms. The zero-order valence-corrected chi connectivity index (χ0v) is 9.28. The molecule has 0 aliphatic carbocycles. The van der Waals surface area contributed by atoms with E-state index >= 15 is 0 Å². The second kappa shape index (κ2) is 4.80. The Labute approximate surface area is 94.3 Å². The van der Waals surface area contributed by atoms with Crippen LogP contribution in [0.3, 0.4) is 0 Å². The van der Waals surface area contributed by atoms with Gasteiger partial charge in [0.05, 0.1) is 13.2 Å². The van der Waals surface area contributed by atoms with E-state index in [4.69, 9.17) is 15.2 Å². The summed E-state index contributed by atoms with van der Waals surface area (Å²) >= 11 is 0. The second-order valence-corrected chi connectivity index (χ2v) is 4.08. The Morgan fingerprint density at radius 1 is 1.56 bits per heavy atom. The van der Waals surface area contributed by atoms with E-state index in [1.54, 1.807) is 12.1 Å². The highest BCUT2D eigenvalue weighted by Crippen LogP contribution is 2.23. The summed E-state index contributed by atoms with van der Waals surface area (Å²) in [5.74, 6) is -0.0819. The molecular formula is C12H16FNO2. The van der Waals surface area contributed by atoms with Gasteiger partial charge in [-0.25, -0.2) is 4.39 Å². The van der Waals surface area contributed by atoms with Gasteiger partial charge in [-0.15, -0.1) is 0 Å². The number of nitrogens with two attached hydrogens (primary N) is 1. The van der Waals surface area contributed by atoms with Crippen LogP contribution >= 0.6 is 0 Å². The van der Waals surface area contributed by atoms with Crippen molar-refractivity contribution in [1.29, 1.82) is 0 Å². The molecule has 16 heavy (non-hydrogen) atoms. The van der Waals surface area contributed by atoms with E-state index in [0.717, 1.165) is 12.0 Å². The van der Waals surface area contributed by atoms with E-state index in [2.05, 4.69) is 0 Å². The topological polar surface area (TPSA) is 44.5 Å². The number of hydrogen-bond donors (Lipinski definition) is 1. The molecule has 1 aliphatic heterocycles. The Morgan fingerprint density at radius 2 is 2.38 bits per heavy atom. The summed E-state index contributed by atoms with van der Waals surface area (Å²) in [6, 6.07) is 4.68. The molecule has 1 aromatic carbocycles. The molecule has 3 nitrogen and oxygen atoms in total. The lowest BCUT2D eigenvalue weighted by atomic mass is 10.1. The van der Waals surface area contributed by atoms with Gasteiger partial charge in [0.25, 0.3) is 0 Å². The van der Waals surface area contributed by atoms with Gasteiger partial charge in [-0.05, 0) is 24.6 Å². The lowest BCUT2D eigenvalue weighted by Crippen LogP contribution is -2.16. The lowest BCUT2D eigenvalue weighted by molar-refractivity contribution is 0.138. The van der Waals surface area contributed by atoms with E-state index in [9.17, 15) is 4.39 Å². The van der Waals surface area contributed by atoms with Gasteiger partial charge in [0, 0.05) is 12.5 Å². The minimum absolute atomic E-state index is 0.0318. The Morgan fingerprint density at radius 3 is 2.94 bits per heavy atom. The third kappa shape index (κ3) is 2.51. The van der Waals surface area contributed by atoms with E-state index in [0.29, 0.717) is 13.2 Å². The molecule has 2 N–H and O–H groups in total. The van der Waals surface area contributed by atoms with Gasteiger partial charge in [-0.1, -0.05) is 6.07 Å². The molecule has 1 heterocycles. The van der Waals surface area contributed by atoms with E-state index in [-0.39, 0.29) is 23.7 Å². The maximum atomic E-state index is 13.6. The minimum atomic E-state index is -0.360. The molecule has 0 saturated carbocycles. The first-order valence-corrected chi connectivity index (χ1v) is 5.46. The molecule has 1 aromatic rings. The van der Waals surface area contributed by atoms with Gasteiger partial charge in [0.1, 0.15) is 6.10 Å². The van der Waals surface area contributed by atoms with Crippen molar-refractivity contribution >= 4 is 0 Å². The normalized spacial score (nSPS) is 22.1. The quantitative estimate of drug-likeness (QED) is 0.855. The molecule has 1 fully saturated rings. The smallest absolute Gasteiger partial charge is 0.165 e. The van der Waals surface area contributed by atoms with E-state index in [1.165, 1.54) is 6.07 Å². The van der Waals surface area contributed by atoms with Crippen molar-refractivity contribution in [1.82, 2.24) is 0 Å². The van der Waals surface area contributed by atoms with Crippen LogP contribution in [0.25, 0.3) is 0 Å². The van der Waals surface area contributed by atoms with Crippen LogP contribution in [0.15, 0.2) is 18.2 Å². The summed E-state index contributed by atoms with van der Waals surface area (Å²) in [6.07, 6.45) is 0.782. The maximum absolute atomic E-state index is 13.6. The predicted octanol–water partition coefficient (Wildman–Crippen LogP) is 2.01. The van der Waals surface area contributed by atoms with Crippen LogP contribution in [0.2, 0.25) is 0 Å². The number of hydrogen-bond acceptors (Lipinski definition) is 3. The molecular weight excluding hydrogens is 209 g/mol. The third-order valence-electron chi connectivity index (χ3n) is 2.66. The van der Waals surface area contributed by atoms with Crippen molar-refractivity contribution in [2.45, 2.75) is 25.5 Å². The third-order valence-corrected chi connectivity index (χ3v) is 2.66. The van der Waals surface area contributed by atoms with Crippen LogP contribution in [0, 0.1) is 5.82 Å². The summed E-state index contributed by atoms with van der Waals surface area (Å²) in [7, 11) is 0. The Kier molecular flexibility index (Phi) is 3.41. The highest BCUT2D eigenvalue weighted by molar-refractivity contribution is 5.30. The number of rotatable bonds is 3. The Balaban J connectivity index is 2.09. The van der Waals surface area contributed by atoms with Crippen molar-refractivity contribution in [2.24, 2.45) is 5.73 Å². The van der Waals surface area contributed by atoms with Gasteiger partial charge < -0.3 is 15.2 Å². The van der Waals surface area contributed by atoms with Crippen LogP contribution in [-0.4, -0.2) is 19.3 Å². The van der Waals surface area contributed by atoms with Gasteiger partial charge in [-0.2, -0.15) is 0 Å². The Hall–Kier alpha value is -1.13. The number of benzene rings is 1. The first-order chi connectivity index (χ1) is 7.66. The molecule has 1 aliphatic rings. The first-order valence-electron chi connectivity index (χ1n) is 5.46. The zero-order chi connectivity index (χ0) is 11.5. The molecule has 88 valence electrons. The summed E-state index contributed by atoms with van der Waals surface area (Å²) in [6.45, 7) is 3.04. The van der Waals surface area contributed by atoms with Crippen LogP contribution in [0.1, 0.15) is 24.9 Å². The van der Waals surface area contributed by atoms with Gasteiger partial charge in [0.2, 0.25) is 0 Å². The molecule has 2 unspecified atom stereocenters. The highest BCUT2D eigenvalue weighted by atomic mass is 19.1. The van der Waals surface area contributed by atoms with Crippen molar-refractivity contribution < 1.29 is 13.9 Å². The van der Waals surface area contributed by atoms with Gasteiger partial charge in [0.15, 0.2) is 11.6 Å². The highest BCUT2D eigenvalue weighted by Gasteiger charge is 2.19. The minimum Gasteiger partial charge on any atom is -0.485 e. The molecule has 0 spiro atoms. The average Bonchev–Trinajstić information content (AvgIpc) is 2.73. The van der Waals surface area contributed by atoms with E-state index in [1.807, 2.05) is 6.92 Å². The summed E-state index contributed by atoms with van der Waals surface area (Å²) in [5.41, 5.74) is 6.44. The fourth-order valence-electron chi connectivity index (χ4n) is 1.68. The molecule has 1 saturated heterocycles. The summed E-state index contributed by atoms with van der Waals surface area (Å²) < 4.78 is 24.3. The average molecular weight is 225 g/mol. The maximum Gasteiger partial charge on any atom is 0.165 e. The molecule has 0 amide bonds. The van der Waals surface area contributed by atoms with Crippen LogP contribution in [-0.2, 0) is 4.74 Å². The number of ether oxygens (including phenoxy) is 2. The fourth-order valence-corrected chi connectivity index (χ4v) is 1.68. The first kappa shape index (κ1) is 11.4. The monoisotopic (exact) mass is 225 g/mol. The summed E-state index contributed by atoms with van der Waals surface area (Å²) in [4.78, 5) is 0. The van der Waals surface area contributed by atoms with Crippen molar-refractivity contribution in [2.75, 3.05) is 13.2 Å². The molecule has 0 aromatic heterocycles. The van der Waals surface area contributed by atoms with Gasteiger partial charge in [-0.3, -0.25) is 0 Å². The van der Waals surface area contributed by atoms with E-state index < -0.39 is 0 Å². The standard InChI is InChI=1S/C12H16FNO2/c1-8(14)9-2-3-12(11(13)6-9)16-10-4-5-15-7-10/h2-3,6,8,10H,4-5,7,14H2,1H3. The largest absolute Gasteiger partial charge is 0.485 e. The van der Waals surface area contributed by atoms with Crippen molar-refractivity contribution in [3.63, 3.8) is 0 Å². The number of halogens is 1. The fraction of sp³-hybridized carbons (Fsp3) is 0.500. The molecule has 0 radical (unpaired) electrons. The van der Waals surface area contributed by atoms with Crippen LogP contribution in [0.5, 0.6) is 5.75 Å². The van der Waals surface area contributed by atoms with Crippen molar-refractivity contribution in [3.05, 3.63) is 29.6 Å². The van der Waals surface area contributed by atoms with Gasteiger partial charge >= 0.3 is 0 Å². The van der Waals surface area contributed by atoms with Crippen LogP contribution < -0.4 is 10.5 Å². The molecule has 0 bridgehead atoms. The SMILES string of the molecule is CC(N)c1ccc(OC2CCOC2)c(F)c1. The summed E-state index contributed by atoms with van der Waals surface area (Å²) in [5, 5.41) is 0. The van der Waals surface area contributed by atoms with Crippen molar-refractivity contribution in [3.8, 4) is 5.75 Å². The molecule has 2 atom stereocenters. The predicted molar refractivity (Wildman–Crippen MR) is 58.9 cm³/mol. The van der Waals surface area contributed by atoms with Crippen LogP contribution in [0.4, 0.5) is 4.39 Å². The zero-order valence-electron chi connectivity index (χ0n) is 9.28. The molecule has 2 rings (SSSR count). The second-order valence-electron chi connectivity index (χ2n) is 4.08. The Bertz CT molecular complexity index is 362.